The number of hydrogen-bond acceptors (Lipinski definition) is 3. The highest BCUT2D eigenvalue weighted by molar-refractivity contribution is 5.55. The molecule has 0 spiro atoms. The highest BCUT2D eigenvalue weighted by Gasteiger charge is 2.32. The minimum atomic E-state index is 0.701. The van der Waals surface area contributed by atoms with Crippen LogP contribution in [0.2, 0.25) is 0 Å². The van der Waals surface area contributed by atoms with Crippen molar-refractivity contribution in [1.82, 2.24) is 0 Å². The van der Waals surface area contributed by atoms with Crippen molar-refractivity contribution in [3.63, 3.8) is 0 Å². The van der Waals surface area contributed by atoms with Gasteiger partial charge in [-0.15, -0.1) is 0 Å². The molecular weight excluding hydrogens is 328 g/mol. The molecule has 0 amide bonds. The van der Waals surface area contributed by atoms with E-state index in [1.807, 2.05) is 11.0 Å². The Hall–Kier alpha value is -1.46. The lowest BCUT2D eigenvalue weighted by Crippen LogP contribution is -3.29. The summed E-state index contributed by atoms with van der Waals surface area (Å²) in [5.41, 5.74) is 1.20. The number of nitrogens with one attached hydrogen (secondary N) is 2. The Morgan fingerprint density at radius 2 is 1.65 bits per heavy atom. The van der Waals surface area contributed by atoms with Crippen molar-refractivity contribution < 1.29 is 24.0 Å². The summed E-state index contributed by atoms with van der Waals surface area (Å²) in [5, 5.41) is 0. The molecule has 0 bridgehead atoms. The predicted molar refractivity (Wildman–Crippen MR) is 103 cm³/mol. The van der Waals surface area contributed by atoms with Gasteiger partial charge in [-0.25, -0.2) is 0 Å². The number of piperazine rings is 1. The predicted octanol–water partition coefficient (Wildman–Crippen LogP) is 0.575. The Kier molecular flexibility index (Phi) is 6.65. The second-order valence-corrected chi connectivity index (χ2v) is 8.05. The molecule has 2 aliphatic rings. The molecule has 1 saturated heterocycles. The standard InChI is InChI=1S/C21H34N2O3/c1-16-6-5-7-18(14-16)23-12-10-22(11-13-23)15-17-8-9-19(24-2)21(26-4)20(17)25-3/h8-9,16,18H,5-7,10-15H2,1-4H3/p+2/t16-,18-/m1/s1. The lowest BCUT2D eigenvalue weighted by Gasteiger charge is -2.37. The van der Waals surface area contributed by atoms with E-state index in [1.54, 1.807) is 26.2 Å². The van der Waals surface area contributed by atoms with E-state index in [1.165, 1.54) is 57.4 Å². The van der Waals surface area contributed by atoms with Gasteiger partial charge in [-0.3, -0.25) is 0 Å². The van der Waals surface area contributed by atoms with Gasteiger partial charge in [-0.2, -0.15) is 0 Å². The Bertz CT molecular complexity index is 585. The molecule has 2 fully saturated rings. The van der Waals surface area contributed by atoms with Gasteiger partial charge in [0.1, 0.15) is 32.7 Å². The van der Waals surface area contributed by atoms with E-state index in [0.29, 0.717) is 5.75 Å². The Labute approximate surface area is 158 Å². The topological polar surface area (TPSA) is 36.6 Å². The van der Waals surface area contributed by atoms with Crippen molar-refractivity contribution in [2.75, 3.05) is 47.5 Å². The smallest absolute Gasteiger partial charge is 0.203 e. The van der Waals surface area contributed by atoms with Crippen molar-refractivity contribution in [3.05, 3.63) is 17.7 Å². The van der Waals surface area contributed by atoms with E-state index in [4.69, 9.17) is 14.2 Å². The maximum Gasteiger partial charge on any atom is 0.203 e. The normalized spacial score (nSPS) is 29.2. The number of rotatable bonds is 6. The fourth-order valence-corrected chi connectivity index (χ4v) is 4.89. The van der Waals surface area contributed by atoms with E-state index in [-0.39, 0.29) is 0 Å². The van der Waals surface area contributed by atoms with Crippen LogP contribution < -0.4 is 24.0 Å². The molecule has 0 radical (unpaired) electrons. The molecule has 26 heavy (non-hydrogen) atoms. The summed E-state index contributed by atoms with van der Waals surface area (Å²) >= 11 is 0. The van der Waals surface area contributed by atoms with Crippen LogP contribution >= 0.6 is 0 Å². The molecule has 146 valence electrons. The molecule has 0 unspecified atom stereocenters. The fraction of sp³-hybridized carbons (Fsp3) is 0.714. The second-order valence-electron chi connectivity index (χ2n) is 8.05. The average Bonchev–Trinajstić information content (AvgIpc) is 2.68. The minimum absolute atomic E-state index is 0.701. The van der Waals surface area contributed by atoms with Crippen LogP contribution in [0, 0.1) is 5.92 Å². The molecule has 3 rings (SSSR count). The Balaban J connectivity index is 1.61. The van der Waals surface area contributed by atoms with Crippen LogP contribution in [0.15, 0.2) is 12.1 Å². The quantitative estimate of drug-likeness (QED) is 0.775. The van der Waals surface area contributed by atoms with Gasteiger partial charge in [0, 0.05) is 6.42 Å². The number of benzene rings is 1. The zero-order valence-electron chi connectivity index (χ0n) is 16.9. The zero-order valence-corrected chi connectivity index (χ0v) is 16.9. The van der Waals surface area contributed by atoms with Crippen LogP contribution in [0.1, 0.15) is 38.2 Å². The SMILES string of the molecule is COc1ccc(C[NH+]2CC[NH+]([C@@H]3CCC[C@@H](C)C3)CC2)c(OC)c1OC. The zero-order chi connectivity index (χ0) is 18.5. The van der Waals surface area contributed by atoms with Crippen molar-refractivity contribution in [3.8, 4) is 17.2 Å². The Morgan fingerprint density at radius 3 is 2.27 bits per heavy atom. The maximum atomic E-state index is 5.66. The molecule has 2 atom stereocenters. The molecular formula is C21H36N2O3+2. The first-order valence-electron chi connectivity index (χ1n) is 10.1. The first kappa shape index (κ1) is 19.3. The fourth-order valence-electron chi connectivity index (χ4n) is 4.89. The molecule has 1 aliphatic heterocycles. The van der Waals surface area contributed by atoms with Gasteiger partial charge in [-0.1, -0.05) is 13.3 Å². The summed E-state index contributed by atoms with van der Waals surface area (Å²) < 4.78 is 16.6. The minimum Gasteiger partial charge on any atom is -0.493 e. The summed E-state index contributed by atoms with van der Waals surface area (Å²) in [4.78, 5) is 3.49. The molecule has 0 aromatic heterocycles. The van der Waals surface area contributed by atoms with Gasteiger partial charge < -0.3 is 24.0 Å². The third-order valence-electron chi connectivity index (χ3n) is 6.34. The van der Waals surface area contributed by atoms with Gasteiger partial charge in [0.25, 0.3) is 0 Å². The van der Waals surface area contributed by atoms with E-state index < -0.39 is 0 Å². The first-order valence-corrected chi connectivity index (χ1v) is 10.1. The number of ether oxygens (including phenoxy) is 3. The number of hydrogen-bond donors (Lipinski definition) is 2. The van der Waals surface area contributed by atoms with E-state index in [9.17, 15) is 0 Å². The monoisotopic (exact) mass is 364 g/mol. The summed E-state index contributed by atoms with van der Waals surface area (Å²) in [6.45, 7) is 8.47. The summed E-state index contributed by atoms with van der Waals surface area (Å²) in [7, 11) is 5.04. The van der Waals surface area contributed by atoms with Crippen LogP contribution in [-0.4, -0.2) is 53.6 Å². The van der Waals surface area contributed by atoms with Gasteiger partial charge in [-0.05, 0) is 30.9 Å². The summed E-state index contributed by atoms with van der Waals surface area (Å²) in [5.74, 6) is 3.16. The highest BCUT2D eigenvalue weighted by atomic mass is 16.5. The van der Waals surface area contributed by atoms with Crippen molar-refractivity contribution >= 4 is 0 Å². The molecule has 2 N–H and O–H groups in total. The van der Waals surface area contributed by atoms with Crippen molar-refractivity contribution in [2.24, 2.45) is 5.92 Å². The average molecular weight is 365 g/mol. The van der Waals surface area contributed by atoms with Crippen LogP contribution in [0.4, 0.5) is 0 Å². The summed E-state index contributed by atoms with van der Waals surface area (Å²) in [6.07, 6.45) is 5.71. The van der Waals surface area contributed by atoms with Crippen molar-refractivity contribution in [1.29, 1.82) is 0 Å². The van der Waals surface area contributed by atoms with E-state index >= 15 is 0 Å². The van der Waals surface area contributed by atoms with Crippen LogP contribution in [0.25, 0.3) is 0 Å². The molecule has 5 nitrogen and oxygen atoms in total. The number of methoxy groups -OCH3 is 3. The molecule has 1 saturated carbocycles. The Morgan fingerprint density at radius 1 is 0.923 bits per heavy atom. The molecule has 1 heterocycles. The lowest BCUT2D eigenvalue weighted by atomic mass is 9.86. The van der Waals surface area contributed by atoms with Gasteiger partial charge in [0.15, 0.2) is 11.5 Å². The molecule has 1 aromatic carbocycles. The molecule has 1 aromatic rings. The van der Waals surface area contributed by atoms with Crippen LogP contribution in [-0.2, 0) is 6.54 Å². The third kappa shape index (κ3) is 4.26. The molecule has 5 heteroatoms. The largest absolute Gasteiger partial charge is 0.493 e. The van der Waals surface area contributed by atoms with Crippen LogP contribution in [0.5, 0.6) is 17.2 Å². The second kappa shape index (κ2) is 8.96. The lowest BCUT2D eigenvalue weighted by molar-refractivity contribution is -1.03. The van der Waals surface area contributed by atoms with Crippen molar-refractivity contribution in [2.45, 2.75) is 45.2 Å². The van der Waals surface area contributed by atoms with Crippen LogP contribution in [0.3, 0.4) is 0 Å². The maximum absolute atomic E-state index is 5.66. The van der Waals surface area contributed by atoms with Gasteiger partial charge >= 0.3 is 0 Å². The number of quaternary nitrogens is 2. The highest BCUT2D eigenvalue weighted by Crippen LogP contribution is 2.39. The van der Waals surface area contributed by atoms with Gasteiger partial charge in [0.05, 0.1) is 32.9 Å². The summed E-state index contributed by atoms with van der Waals surface area (Å²) in [6, 6.07) is 5.01. The van der Waals surface area contributed by atoms with Gasteiger partial charge in [0.2, 0.25) is 5.75 Å². The van der Waals surface area contributed by atoms with E-state index in [0.717, 1.165) is 30.0 Å². The molecule has 1 aliphatic carbocycles. The third-order valence-corrected chi connectivity index (χ3v) is 6.34. The van der Waals surface area contributed by atoms with E-state index in [2.05, 4.69) is 13.0 Å². The first-order chi connectivity index (χ1) is 12.7.